The van der Waals surface area contributed by atoms with E-state index in [0.29, 0.717) is 0 Å². The summed E-state index contributed by atoms with van der Waals surface area (Å²) in [6.07, 6.45) is 0. The highest BCUT2D eigenvalue weighted by molar-refractivity contribution is 7.99. The van der Waals surface area contributed by atoms with E-state index >= 15 is 0 Å². The van der Waals surface area contributed by atoms with Crippen LogP contribution in [0, 0.1) is 6.92 Å². The molecular weight excluding hydrogens is 468 g/mol. The first-order valence-electron chi connectivity index (χ1n) is 10.9. The molecule has 0 amide bonds. The minimum atomic E-state index is -4.02. The lowest BCUT2D eigenvalue weighted by molar-refractivity contribution is 0.130. The largest absolute Gasteiger partial charge is 0.488 e. The molecule has 0 bridgehead atoms. The van der Waals surface area contributed by atoms with Gasteiger partial charge in [-0.3, -0.25) is 4.55 Å². The molecule has 0 atom stereocenters. The predicted octanol–water partition coefficient (Wildman–Crippen LogP) is 7.43. The van der Waals surface area contributed by atoms with Crippen molar-refractivity contribution in [1.82, 2.24) is 0 Å². The molecule has 3 aromatic rings. The zero-order chi connectivity index (χ0) is 25.6. The molecule has 3 rings (SSSR count). The molecule has 0 radical (unpaired) electrons. The van der Waals surface area contributed by atoms with Gasteiger partial charge >= 0.3 is 0 Å². The van der Waals surface area contributed by atoms with E-state index in [9.17, 15) is 8.42 Å². The summed E-state index contributed by atoms with van der Waals surface area (Å²) >= 11 is 1.73. The Bertz CT molecular complexity index is 1080. The van der Waals surface area contributed by atoms with Gasteiger partial charge in [0.15, 0.2) is 0 Å². The zero-order valence-electron chi connectivity index (χ0n) is 20.8. The second-order valence-electron chi connectivity index (χ2n) is 9.76. The SMILES string of the molecule is CC(C)(C)Oc1ccc(Sc2ccc(OC(C)(C)C)cc2)cc1.Cc1ccc(S(=O)(=O)O)cc1. The molecule has 1 N–H and O–H groups in total. The standard InChI is InChI=1S/C20H26O2S.C7H8O3S/c1-19(2,3)21-15-7-11-17(12-8-15)23-18-13-9-16(10-14-18)22-20(4,5)6;1-6-2-4-7(5-3-6)11(8,9)10/h7-14H,1-6H3;2-5H,1H3,(H,8,9,10). The number of hydrogen-bond acceptors (Lipinski definition) is 5. The van der Waals surface area contributed by atoms with Gasteiger partial charge in [0.25, 0.3) is 10.1 Å². The van der Waals surface area contributed by atoms with Gasteiger partial charge in [0, 0.05) is 9.79 Å². The van der Waals surface area contributed by atoms with Crippen molar-refractivity contribution in [3.05, 3.63) is 78.4 Å². The molecule has 5 nitrogen and oxygen atoms in total. The number of aryl methyl sites for hydroxylation is 1. The van der Waals surface area contributed by atoms with Crippen molar-refractivity contribution < 1.29 is 22.4 Å². The summed E-state index contributed by atoms with van der Waals surface area (Å²) in [5, 5.41) is 0. The minimum Gasteiger partial charge on any atom is -0.488 e. The van der Waals surface area contributed by atoms with Crippen LogP contribution in [-0.2, 0) is 10.1 Å². The quantitative estimate of drug-likeness (QED) is 0.366. The van der Waals surface area contributed by atoms with Gasteiger partial charge in [-0.25, -0.2) is 0 Å². The first-order chi connectivity index (χ1) is 15.6. The lowest BCUT2D eigenvalue weighted by atomic mass is 10.2. The molecule has 0 aliphatic heterocycles. The number of rotatable bonds is 5. The van der Waals surface area contributed by atoms with Crippen LogP contribution < -0.4 is 9.47 Å². The summed E-state index contributed by atoms with van der Waals surface area (Å²) < 4.78 is 41.2. The van der Waals surface area contributed by atoms with Crippen molar-refractivity contribution in [2.75, 3.05) is 0 Å². The molecule has 0 spiro atoms. The maximum Gasteiger partial charge on any atom is 0.294 e. The average Bonchev–Trinajstić information content (AvgIpc) is 2.69. The fraction of sp³-hybridized carbons (Fsp3) is 0.333. The molecule has 7 heteroatoms. The molecule has 184 valence electrons. The van der Waals surface area contributed by atoms with Crippen LogP contribution in [0.1, 0.15) is 47.1 Å². The molecule has 3 aromatic carbocycles. The molecule has 0 saturated carbocycles. The Morgan fingerprint density at radius 2 is 1.00 bits per heavy atom. The van der Waals surface area contributed by atoms with Gasteiger partial charge < -0.3 is 9.47 Å². The highest BCUT2D eigenvalue weighted by atomic mass is 32.2. The predicted molar refractivity (Wildman–Crippen MR) is 139 cm³/mol. The van der Waals surface area contributed by atoms with Crippen LogP contribution >= 0.6 is 11.8 Å². The monoisotopic (exact) mass is 502 g/mol. The maximum atomic E-state index is 10.5. The summed E-state index contributed by atoms with van der Waals surface area (Å²) in [7, 11) is -4.02. The molecule has 0 saturated heterocycles. The Balaban J connectivity index is 0.000000310. The Kier molecular flexibility index (Phi) is 9.22. The van der Waals surface area contributed by atoms with E-state index < -0.39 is 10.1 Å². The normalized spacial score (nSPS) is 11.9. The lowest BCUT2D eigenvalue weighted by Gasteiger charge is -2.21. The number of hydrogen-bond donors (Lipinski definition) is 1. The van der Waals surface area contributed by atoms with Gasteiger partial charge in [-0.2, -0.15) is 8.42 Å². The Hall–Kier alpha value is -2.48. The average molecular weight is 503 g/mol. The molecule has 0 unspecified atom stereocenters. The fourth-order valence-corrected chi connectivity index (χ4v) is 4.00. The highest BCUT2D eigenvalue weighted by Gasteiger charge is 2.13. The van der Waals surface area contributed by atoms with E-state index in [1.165, 1.54) is 21.9 Å². The van der Waals surface area contributed by atoms with Gasteiger partial charge in [0.1, 0.15) is 22.7 Å². The van der Waals surface area contributed by atoms with Crippen LogP contribution in [0.25, 0.3) is 0 Å². The summed E-state index contributed by atoms with van der Waals surface area (Å²) in [5.41, 5.74) is 0.618. The smallest absolute Gasteiger partial charge is 0.294 e. The molecular formula is C27H34O5S2. The van der Waals surface area contributed by atoms with Crippen molar-refractivity contribution in [2.24, 2.45) is 0 Å². The number of benzene rings is 3. The van der Waals surface area contributed by atoms with Crippen molar-refractivity contribution in [3.8, 4) is 11.5 Å². The third-order valence-electron chi connectivity index (χ3n) is 4.05. The van der Waals surface area contributed by atoms with E-state index in [-0.39, 0.29) is 16.1 Å². The third-order valence-corrected chi connectivity index (χ3v) is 5.93. The molecule has 0 aliphatic rings. The van der Waals surface area contributed by atoms with Gasteiger partial charge in [-0.05, 0) is 109 Å². The Labute approximate surface area is 208 Å². The fourth-order valence-electron chi connectivity index (χ4n) is 2.70. The van der Waals surface area contributed by atoms with Crippen LogP contribution in [0.4, 0.5) is 0 Å². The van der Waals surface area contributed by atoms with Gasteiger partial charge in [0.05, 0.1) is 4.90 Å². The van der Waals surface area contributed by atoms with Gasteiger partial charge in [-0.1, -0.05) is 29.5 Å². The molecule has 34 heavy (non-hydrogen) atoms. The molecule has 0 heterocycles. The van der Waals surface area contributed by atoms with Crippen molar-refractivity contribution in [3.63, 3.8) is 0 Å². The highest BCUT2D eigenvalue weighted by Crippen LogP contribution is 2.31. The summed E-state index contributed by atoms with van der Waals surface area (Å²) in [5.74, 6) is 1.80. The third kappa shape index (κ3) is 10.6. The first-order valence-corrected chi connectivity index (χ1v) is 13.2. The summed E-state index contributed by atoms with van der Waals surface area (Å²) in [6.45, 7) is 14.2. The minimum absolute atomic E-state index is 0.0666. The summed E-state index contributed by atoms with van der Waals surface area (Å²) in [6, 6.07) is 22.4. The summed E-state index contributed by atoms with van der Waals surface area (Å²) in [4.78, 5) is 2.31. The van der Waals surface area contributed by atoms with Crippen molar-refractivity contribution in [2.45, 2.75) is 74.4 Å². The van der Waals surface area contributed by atoms with E-state index in [1.807, 2.05) is 31.2 Å². The van der Waals surface area contributed by atoms with Crippen LogP contribution in [0.2, 0.25) is 0 Å². The van der Waals surface area contributed by atoms with Crippen LogP contribution in [0.3, 0.4) is 0 Å². The van der Waals surface area contributed by atoms with E-state index in [0.717, 1.165) is 17.1 Å². The Morgan fingerprint density at radius 3 is 1.29 bits per heavy atom. The van der Waals surface area contributed by atoms with Gasteiger partial charge in [0.2, 0.25) is 0 Å². The van der Waals surface area contributed by atoms with Gasteiger partial charge in [-0.15, -0.1) is 0 Å². The van der Waals surface area contributed by atoms with Crippen LogP contribution in [-0.4, -0.2) is 24.2 Å². The topological polar surface area (TPSA) is 72.8 Å². The van der Waals surface area contributed by atoms with Crippen LogP contribution in [0.5, 0.6) is 11.5 Å². The maximum absolute atomic E-state index is 10.5. The van der Waals surface area contributed by atoms with Crippen LogP contribution in [0.15, 0.2) is 87.5 Å². The van der Waals surface area contributed by atoms with E-state index in [1.54, 1.807) is 23.9 Å². The second kappa shape index (κ2) is 11.3. The van der Waals surface area contributed by atoms with Crippen molar-refractivity contribution in [1.29, 1.82) is 0 Å². The zero-order valence-corrected chi connectivity index (χ0v) is 22.5. The number of ether oxygens (including phenoxy) is 2. The van der Waals surface area contributed by atoms with E-state index in [2.05, 4.69) is 65.8 Å². The van der Waals surface area contributed by atoms with E-state index in [4.69, 9.17) is 14.0 Å². The molecule has 0 fully saturated rings. The second-order valence-corrected chi connectivity index (χ2v) is 12.3. The lowest BCUT2D eigenvalue weighted by Crippen LogP contribution is -2.22. The first kappa shape index (κ1) is 27.8. The molecule has 0 aromatic heterocycles. The Morgan fingerprint density at radius 1 is 0.647 bits per heavy atom. The van der Waals surface area contributed by atoms with Crippen molar-refractivity contribution >= 4 is 21.9 Å². The molecule has 0 aliphatic carbocycles.